The number of nitrogens with two attached hydrogens (primary N) is 1. The van der Waals surface area contributed by atoms with Gasteiger partial charge in [0.05, 0.1) is 0 Å². The molecule has 2 N–H and O–H groups in total. The highest BCUT2D eigenvalue weighted by molar-refractivity contribution is 14.1. The molecule has 0 saturated heterocycles. The van der Waals surface area contributed by atoms with Crippen LogP contribution in [0.4, 0.5) is 0 Å². The topological polar surface area (TPSA) is 29.3 Å². The molecule has 1 aliphatic rings. The fraction of sp³-hybridized carbons (Fsp3) is 0.333. The molecule has 9 heavy (non-hydrogen) atoms. The predicted molar refractivity (Wildman–Crippen MR) is 47.0 cm³/mol. The first kappa shape index (κ1) is 7.08. The van der Waals surface area contributed by atoms with E-state index in [1.165, 1.54) is 0 Å². The van der Waals surface area contributed by atoms with E-state index in [1.807, 2.05) is 12.2 Å². The molecule has 0 saturated carbocycles. The molecule has 0 amide bonds. The van der Waals surface area contributed by atoms with Gasteiger partial charge in [0, 0.05) is 41.7 Å². The van der Waals surface area contributed by atoms with Crippen molar-refractivity contribution < 1.29 is 0 Å². The van der Waals surface area contributed by atoms with Gasteiger partial charge in [0.1, 0.15) is 0 Å². The number of allylic oxidation sites excluding steroid dienone is 1. The van der Waals surface area contributed by atoms with Gasteiger partial charge in [0.15, 0.2) is 0 Å². The summed E-state index contributed by atoms with van der Waals surface area (Å²) in [5.74, 6) is 0. The molecule has 1 heterocycles. The largest absolute Gasteiger partial charge is 0.399 e. The van der Waals surface area contributed by atoms with E-state index in [0.29, 0.717) is 0 Å². The lowest BCUT2D eigenvalue weighted by molar-refractivity contribution is 0.629. The van der Waals surface area contributed by atoms with Crippen molar-refractivity contribution in [3.05, 3.63) is 23.9 Å². The Labute approximate surface area is 68.9 Å². The second kappa shape index (κ2) is 3.22. The zero-order chi connectivity index (χ0) is 6.69. The molecule has 50 valence electrons. The second-order valence-corrected chi connectivity index (χ2v) is 3.30. The normalized spacial score (nSPS) is 21.2. The zero-order valence-corrected chi connectivity index (χ0v) is 7.21. The Morgan fingerprint density at radius 1 is 1.56 bits per heavy atom. The standard InChI is InChI=1S/C6H9IN2/c7-9-4-1-2-6(8)3-5-9/h1-3H,4-5,8H2. The van der Waals surface area contributed by atoms with Crippen LogP contribution in [0.5, 0.6) is 0 Å². The van der Waals surface area contributed by atoms with Crippen LogP contribution in [0.3, 0.4) is 0 Å². The molecule has 0 unspecified atom stereocenters. The summed E-state index contributed by atoms with van der Waals surface area (Å²) in [7, 11) is 0. The van der Waals surface area contributed by atoms with Gasteiger partial charge >= 0.3 is 0 Å². The molecule has 1 rings (SSSR count). The molecule has 0 aromatic rings. The van der Waals surface area contributed by atoms with Crippen molar-refractivity contribution in [3.8, 4) is 0 Å². The van der Waals surface area contributed by atoms with Crippen LogP contribution in [0.2, 0.25) is 0 Å². The average Bonchev–Trinajstić information content (AvgIpc) is 1.97. The molecule has 0 bridgehead atoms. The van der Waals surface area contributed by atoms with Crippen LogP contribution in [0.25, 0.3) is 0 Å². The van der Waals surface area contributed by atoms with E-state index in [2.05, 4.69) is 32.1 Å². The number of nitrogens with zero attached hydrogens (tertiary/aromatic N) is 1. The first-order chi connectivity index (χ1) is 4.29. The minimum atomic E-state index is 0.870. The van der Waals surface area contributed by atoms with E-state index >= 15 is 0 Å². The van der Waals surface area contributed by atoms with Crippen LogP contribution in [0.1, 0.15) is 0 Å². The summed E-state index contributed by atoms with van der Waals surface area (Å²) in [6, 6.07) is 0. The Morgan fingerprint density at radius 3 is 3.11 bits per heavy atom. The van der Waals surface area contributed by atoms with Crippen LogP contribution in [-0.4, -0.2) is 16.2 Å². The van der Waals surface area contributed by atoms with Gasteiger partial charge in [0.2, 0.25) is 0 Å². The molecule has 0 atom stereocenters. The molecule has 0 fully saturated rings. The van der Waals surface area contributed by atoms with Crippen LogP contribution in [-0.2, 0) is 0 Å². The van der Waals surface area contributed by atoms with E-state index in [-0.39, 0.29) is 0 Å². The van der Waals surface area contributed by atoms with E-state index in [1.54, 1.807) is 0 Å². The summed E-state index contributed by atoms with van der Waals surface area (Å²) in [5.41, 5.74) is 6.41. The molecule has 3 heteroatoms. The highest BCUT2D eigenvalue weighted by Crippen LogP contribution is 2.03. The molecular formula is C6H9IN2. The SMILES string of the molecule is NC1=CCN(I)CC=C1. The third-order valence-corrected chi connectivity index (χ3v) is 1.93. The highest BCUT2D eigenvalue weighted by atomic mass is 127. The van der Waals surface area contributed by atoms with Crippen LogP contribution in [0, 0.1) is 0 Å². The van der Waals surface area contributed by atoms with Gasteiger partial charge in [-0.05, 0) is 12.2 Å². The number of halogens is 1. The van der Waals surface area contributed by atoms with Crippen molar-refractivity contribution in [2.45, 2.75) is 0 Å². The predicted octanol–water partition coefficient (Wildman–Crippen LogP) is 1.05. The van der Waals surface area contributed by atoms with Gasteiger partial charge in [-0.15, -0.1) is 0 Å². The Balaban J connectivity index is 2.58. The fourth-order valence-corrected chi connectivity index (χ4v) is 1.07. The van der Waals surface area contributed by atoms with E-state index in [9.17, 15) is 0 Å². The third kappa shape index (κ3) is 2.36. The molecule has 0 aromatic heterocycles. The maximum atomic E-state index is 5.54. The summed E-state index contributed by atoms with van der Waals surface area (Å²) in [6.45, 7) is 1.93. The second-order valence-electron chi connectivity index (χ2n) is 1.93. The fourth-order valence-electron chi connectivity index (χ4n) is 0.650. The average molecular weight is 236 g/mol. The van der Waals surface area contributed by atoms with Gasteiger partial charge in [-0.2, -0.15) is 0 Å². The Bertz CT molecular complexity index is 151. The van der Waals surface area contributed by atoms with Crippen LogP contribution >= 0.6 is 22.9 Å². The lowest BCUT2D eigenvalue weighted by Crippen LogP contribution is -2.09. The van der Waals surface area contributed by atoms with E-state index in [0.717, 1.165) is 18.8 Å². The molecule has 0 aromatic carbocycles. The Morgan fingerprint density at radius 2 is 2.33 bits per heavy atom. The maximum absolute atomic E-state index is 5.54. The molecule has 0 aliphatic carbocycles. The molecule has 2 nitrogen and oxygen atoms in total. The van der Waals surface area contributed by atoms with Gasteiger partial charge < -0.3 is 5.73 Å². The van der Waals surface area contributed by atoms with Gasteiger partial charge in [-0.25, -0.2) is 3.11 Å². The minimum Gasteiger partial charge on any atom is -0.399 e. The quantitative estimate of drug-likeness (QED) is 0.503. The van der Waals surface area contributed by atoms with Crippen molar-refractivity contribution in [2.24, 2.45) is 5.73 Å². The summed E-state index contributed by atoms with van der Waals surface area (Å²) >= 11 is 2.27. The Hall–Kier alpha value is -0.0300. The van der Waals surface area contributed by atoms with E-state index in [4.69, 9.17) is 5.73 Å². The maximum Gasteiger partial charge on any atom is 0.0288 e. The summed E-state index contributed by atoms with van der Waals surface area (Å²) in [6.07, 6.45) is 6.01. The lowest BCUT2D eigenvalue weighted by Gasteiger charge is -2.04. The molecule has 1 aliphatic heterocycles. The highest BCUT2D eigenvalue weighted by Gasteiger charge is 1.97. The lowest BCUT2D eigenvalue weighted by atomic mass is 10.4. The van der Waals surface area contributed by atoms with Gasteiger partial charge in [0.25, 0.3) is 0 Å². The molecular weight excluding hydrogens is 227 g/mol. The van der Waals surface area contributed by atoms with Gasteiger partial charge in [-0.1, -0.05) is 6.08 Å². The first-order valence-corrected chi connectivity index (χ1v) is 3.78. The van der Waals surface area contributed by atoms with Crippen molar-refractivity contribution in [2.75, 3.05) is 13.1 Å². The van der Waals surface area contributed by atoms with Crippen molar-refractivity contribution in [1.82, 2.24) is 3.11 Å². The smallest absolute Gasteiger partial charge is 0.0288 e. The van der Waals surface area contributed by atoms with Gasteiger partial charge in [-0.3, -0.25) is 0 Å². The Kier molecular flexibility index (Phi) is 2.53. The van der Waals surface area contributed by atoms with Crippen molar-refractivity contribution >= 4 is 22.9 Å². The summed E-state index contributed by atoms with van der Waals surface area (Å²) < 4.78 is 2.16. The van der Waals surface area contributed by atoms with Crippen molar-refractivity contribution in [3.63, 3.8) is 0 Å². The number of hydrogen-bond acceptors (Lipinski definition) is 2. The monoisotopic (exact) mass is 236 g/mol. The molecule has 0 radical (unpaired) electrons. The molecule has 0 spiro atoms. The van der Waals surface area contributed by atoms with Crippen LogP contribution < -0.4 is 5.73 Å². The third-order valence-electron chi connectivity index (χ3n) is 1.14. The minimum absolute atomic E-state index is 0.870. The number of rotatable bonds is 0. The number of hydrogen-bond donors (Lipinski definition) is 1. The summed E-state index contributed by atoms with van der Waals surface area (Å²) in [4.78, 5) is 0. The first-order valence-electron chi connectivity index (χ1n) is 2.82. The van der Waals surface area contributed by atoms with Crippen molar-refractivity contribution in [1.29, 1.82) is 0 Å². The zero-order valence-electron chi connectivity index (χ0n) is 5.05. The summed E-state index contributed by atoms with van der Waals surface area (Å²) in [5, 5.41) is 0. The van der Waals surface area contributed by atoms with E-state index < -0.39 is 0 Å². The van der Waals surface area contributed by atoms with Crippen LogP contribution in [0.15, 0.2) is 23.9 Å².